The van der Waals surface area contributed by atoms with Crippen LogP contribution in [0.1, 0.15) is 21.9 Å². The van der Waals surface area contributed by atoms with Gasteiger partial charge in [-0.15, -0.1) is 25.5 Å². The maximum atomic E-state index is 14.6. The van der Waals surface area contributed by atoms with Gasteiger partial charge < -0.3 is 18.8 Å². The van der Waals surface area contributed by atoms with Crippen molar-refractivity contribution >= 4 is 30.4 Å². The average Bonchev–Trinajstić information content (AvgIpc) is 3.55. The predicted octanol–water partition coefficient (Wildman–Crippen LogP) is 6.47. The summed E-state index contributed by atoms with van der Waals surface area (Å²) in [5.74, 6) is 0.247. The van der Waals surface area contributed by atoms with Crippen LogP contribution in [0.5, 0.6) is 5.88 Å². The molecule has 0 bridgehead atoms. The van der Waals surface area contributed by atoms with Gasteiger partial charge in [0.2, 0.25) is 5.88 Å². The molecule has 5 heterocycles. The number of hydrogen-bond donors (Lipinski definition) is 0. The fraction of sp³-hybridized carbons (Fsp3) is 0.444. The van der Waals surface area contributed by atoms with Crippen LogP contribution >= 0.6 is 11.3 Å². The van der Waals surface area contributed by atoms with Crippen LogP contribution in [-0.2, 0) is 22.7 Å². The minimum absolute atomic E-state index is 0.103. The number of rotatable bonds is 9. The van der Waals surface area contributed by atoms with Gasteiger partial charge in [0.25, 0.3) is 6.43 Å². The van der Waals surface area contributed by atoms with E-state index in [4.69, 9.17) is 14.2 Å². The number of pyridine rings is 1. The van der Waals surface area contributed by atoms with Gasteiger partial charge in [0.1, 0.15) is 41.7 Å². The van der Waals surface area contributed by atoms with E-state index >= 15 is 0 Å². The van der Waals surface area contributed by atoms with Crippen molar-refractivity contribution in [1.29, 1.82) is 5.26 Å². The summed E-state index contributed by atoms with van der Waals surface area (Å²) in [6.07, 6.45) is -1.50. The lowest BCUT2D eigenvalue weighted by Crippen LogP contribution is -2.32. The summed E-state index contributed by atoms with van der Waals surface area (Å²) < 4.78 is 50.1. The maximum absolute atomic E-state index is 14.6. The molecule has 0 N–H and O–H groups in total. The Bertz CT molecular complexity index is 1550. The fourth-order valence-corrected chi connectivity index (χ4v) is 6.39. The Morgan fingerprint density at radius 1 is 1.31 bits per heavy atom. The number of hydrogen-bond acceptors (Lipinski definition) is 7. The molecular formula is C27H31F2N5O3SSi-. The summed E-state index contributed by atoms with van der Waals surface area (Å²) in [4.78, 5) is 6.07. The highest BCUT2D eigenvalue weighted by Gasteiger charge is 2.36. The third-order valence-electron chi connectivity index (χ3n) is 6.75. The lowest BCUT2D eigenvalue weighted by molar-refractivity contribution is 0.0179. The normalized spacial score (nSPS) is 15.5. The van der Waals surface area contributed by atoms with Gasteiger partial charge in [-0.3, -0.25) is 0 Å². The Balaban J connectivity index is 1.79. The molecule has 12 heteroatoms. The molecule has 207 valence electrons. The molecule has 0 saturated heterocycles. The first-order valence-corrected chi connectivity index (χ1v) is 17.3. The summed E-state index contributed by atoms with van der Waals surface area (Å²) in [7, 11) is 0.199. The number of nitrogens with zero attached hydrogens (tertiary/aromatic N) is 5. The highest BCUT2D eigenvalue weighted by Crippen LogP contribution is 2.49. The summed E-state index contributed by atoms with van der Waals surface area (Å²) in [5.41, 5.74) is 2.14. The lowest BCUT2D eigenvalue weighted by Gasteiger charge is -2.27. The molecule has 0 unspecified atom stereocenters. The average molecular weight is 572 g/mol. The third kappa shape index (κ3) is 5.24. The van der Waals surface area contributed by atoms with Gasteiger partial charge in [0, 0.05) is 41.3 Å². The number of alkyl halides is 2. The van der Waals surface area contributed by atoms with Crippen LogP contribution in [0, 0.1) is 18.3 Å². The maximum Gasteiger partial charge on any atom is 0.282 e. The molecule has 1 atom stereocenters. The van der Waals surface area contributed by atoms with Gasteiger partial charge in [-0.2, -0.15) is 30.0 Å². The van der Waals surface area contributed by atoms with E-state index in [2.05, 4.69) is 35.8 Å². The van der Waals surface area contributed by atoms with E-state index < -0.39 is 14.5 Å². The van der Waals surface area contributed by atoms with Crippen LogP contribution in [0.2, 0.25) is 25.7 Å². The van der Waals surface area contributed by atoms with Crippen LogP contribution in [0.15, 0.2) is 24.4 Å². The Morgan fingerprint density at radius 3 is 2.79 bits per heavy atom. The number of methoxy groups -OCH3 is 1. The SMILES string of the molecule is CO[C@@H]1COc2c(-c3c(-c4cc(C)sc4C#N)c4cccnc4n3COCC[Si-](C)(C)C)c(C(F)F)nn2C1. The molecule has 4 aromatic heterocycles. The van der Waals surface area contributed by atoms with Crippen molar-refractivity contribution in [3.63, 3.8) is 0 Å². The van der Waals surface area contributed by atoms with Crippen molar-refractivity contribution in [2.24, 2.45) is 0 Å². The molecule has 0 aliphatic carbocycles. The number of thiophene rings is 1. The smallest absolute Gasteiger partial charge is 0.282 e. The van der Waals surface area contributed by atoms with E-state index in [1.165, 1.54) is 16.0 Å². The van der Waals surface area contributed by atoms with Gasteiger partial charge in [-0.25, -0.2) is 18.4 Å². The van der Waals surface area contributed by atoms with Crippen LogP contribution in [0.3, 0.4) is 0 Å². The minimum atomic E-state index is -2.86. The van der Waals surface area contributed by atoms with Crippen LogP contribution in [0.25, 0.3) is 33.4 Å². The van der Waals surface area contributed by atoms with Gasteiger partial charge in [0.05, 0.1) is 17.8 Å². The Kier molecular flexibility index (Phi) is 7.61. The largest absolute Gasteiger partial charge is 0.474 e. The van der Waals surface area contributed by atoms with Crippen molar-refractivity contribution in [3.05, 3.63) is 39.8 Å². The molecule has 0 spiro atoms. The highest BCUT2D eigenvalue weighted by atomic mass is 32.1. The van der Waals surface area contributed by atoms with Gasteiger partial charge in [-0.1, -0.05) is 0 Å². The Hall–Kier alpha value is -3.11. The van der Waals surface area contributed by atoms with E-state index in [0.717, 1.165) is 16.3 Å². The number of aryl methyl sites for hydroxylation is 1. The number of nitriles is 1. The topological polar surface area (TPSA) is 87.1 Å². The van der Waals surface area contributed by atoms with Crippen molar-refractivity contribution in [2.75, 3.05) is 20.3 Å². The number of halogens is 2. The first-order chi connectivity index (χ1) is 18.6. The summed E-state index contributed by atoms with van der Waals surface area (Å²) in [5, 5.41) is 15.0. The molecule has 8 nitrogen and oxygen atoms in total. The Labute approximate surface area is 230 Å². The van der Waals surface area contributed by atoms with Crippen molar-refractivity contribution in [2.45, 2.75) is 58.4 Å². The molecule has 1 aliphatic rings. The van der Waals surface area contributed by atoms with Gasteiger partial charge >= 0.3 is 0 Å². The molecule has 0 saturated carbocycles. The molecule has 1 aliphatic heterocycles. The van der Waals surface area contributed by atoms with E-state index in [1.807, 2.05) is 23.6 Å². The standard InChI is InChI=1S/C27H31F2N5O3SSi/c1-16-11-19(20(12-30)38-16)21-18-7-6-8-31-26(18)33(15-36-9-10-39(3,4)5)24(21)22-23(25(28)29)32-34-13-17(35-2)14-37-27(22)34/h6-8,11,17,25H,9-10,13-15H2,1-5H3/q-1/t17-/m0/s1. The quantitative estimate of drug-likeness (QED) is 0.169. The van der Waals surface area contributed by atoms with E-state index in [-0.39, 0.29) is 43.1 Å². The second-order valence-corrected chi connectivity index (χ2v) is 17.7. The number of ether oxygens (including phenoxy) is 3. The molecule has 4 aromatic rings. The van der Waals surface area contributed by atoms with Gasteiger partial charge in [0.15, 0.2) is 0 Å². The van der Waals surface area contributed by atoms with Crippen molar-refractivity contribution < 1.29 is 23.0 Å². The highest BCUT2D eigenvalue weighted by molar-refractivity contribution is 7.13. The van der Waals surface area contributed by atoms with E-state index in [1.54, 1.807) is 19.4 Å². The summed E-state index contributed by atoms with van der Waals surface area (Å²) in [6, 6.07) is 8.87. The Morgan fingerprint density at radius 2 is 2.10 bits per heavy atom. The molecule has 0 aromatic carbocycles. The molecule has 0 amide bonds. The van der Waals surface area contributed by atoms with Crippen molar-refractivity contribution in [1.82, 2.24) is 19.3 Å². The van der Waals surface area contributed by atoms with Crippen LogP contribution < -0.4 is 4.74 Å². The van der Waals surface area contributed by atoms with E-state index in [0.29, 0.717) is 34.0 Å². The molecule has 0 fully saturated rings. The molecule has 0 radical (unpaired) electrons. The fourth-order valence-electron chi connectivity index (χ4n) is 4.82. The zero-order valence-corrected chi connectivity index (χ0v) is 24.4. The van der Waals surface area contributed by atoms with Crippen LogP contribution in [0.4, 0.5) is 8.78 Å². The number of fused-ring (bicyclic) bond motifs is 2. The first-order valence-electron chi connectivity index (χ1n) is 12.7. The predicted molar refractivity (Wildman–Crippen MR) is 149 cm³/mol. The zero-order chi connectivity index (χ0) is 27.9. The summed E-state index contributed by atoms with van der Waals surface area (Å²) >= 11 is 1.37. The zero-order valence-electron chi connectivity index (χ0n) is 22.6. The molecule has 39 heavy (non-hydrogen) atoms. The lowest BCUT2D eigenvalue weighted by atomic mass is 9.98. The molecular weight excluding hydrogens is 540 g/mol. The first kappa shape index (κ1) is 27.5. The number of aromatic nitrogens is 4. The molecule has 5 rings (SSSR count). The van der Waals surface area contributed by atoms with Gasteiger partial charge in [-0.05, 0) is 25.1 Å². The second-order valence-electron chi connectivity index (χ2n) is 10.8. The second kappa shape index (κ2) is 10.8. The van der Waals surface area contributed by atoms with Crippen molar-refractivity contribution in [3.8, 4) is 34.3 Å². The summed E-state index contributed by atoms with van der Waals surface area (Å²) in [6.45, 7) is 9.87. The monoisotopic (exact) mass is 571 g/mol. The minimum Gasteiger partial charge on any atom is -0.474 e. The van der Waals surface area contributed by atoms with Crippen LogP contribution in [-0.4, -0.2) is 53.8 Å². The third-order valence-corrected chi connectivity index (χ3v) is 9.41. The van der Waals surface area contributed by atoms with E-state index in [9.17, 15) is 14.0 Å².